The van der Waals surface area contributed by atoms with E-state index < -0.39 is 0 Å². The quantitative estimate of drug-likeness (QED) is 0.160. The summed E-state index contributed by atoms with van der Waals surface area (Å²) in [4.78, 5) is 2.45. The van der Waals surface area contributed by atoms with E-state index in [0.717, 1.165) is 61.3 Å². The van der Waals surface area contributed by atoms with Crippen molar-refractivity contribution >= 4 is 49.8 Å². The Balaban J connectivity index is 1.09. The second-order valence-corrected chi connectivity index (χ2v) is 16.6. The zero-order valence-electron chi connectivity index (χ0n) is 34.3. The predicted molar refractivity (Wildman–Crippen MR) is 260 cm³/mol. The molecule has 0 amide bonds. The van der Waals surface area contributed by atoms with Gasteiger partial charge in [-0.05, 0) is 110 Å². The first-order valence-electron chi connectivity index (χ1n) is 21.4. The Hall–Kier alpha value is -7.94. The minimum Gasteiger partial charge on any atom is -0.455 e. The molecule has 0 saturated heterocycles. The second kappa shape index (κ2) is 14.4. The van der Waals surface area contributed by atoms with Gasteiger partial charge >= 0.3 is 0 Å². The monoisotopic (exact) mass is 791 g/mol. The van der Waals surface area contributed by atoms with Gasteiger partial charge in [0.05, 0.1) is 5.69 Å². The Kier molecular flexibility index (Phi) is 8.33. The van der Waals surface area contributed by atoms with Crippen LogP contribution in [0, 0.1) is 0 Å². The Morgan fingerprint density at radius 1 is 0.339 bits per heavy atom. The third-order valence-electron chi connectivity index (χ3n) is 13.1. The molecule has 2 nitrogen and oxygen atoms in total. The van der Waals surface area contributed by atoms with E-state index in [0.29, 0.717) is 0 Å². The molecule has 0 saturated carbocycles. The number of anilines is 3. The number of hydrogen-bond donors (Lipinski definition) is 0. The molecule has 62 heavy (non-hydrogen) atoms. The Bertz CT molecular complexity index is 3370. The van der Waals surface area contributed by atoms with Gasteiger partial charge in [0.15, 0.2) is 0 Å². The van der Waals surface area contributed by atoms with Gasteiger partial charge in [-0.15, -0.1) is 0 Å². The molecule has 0 fully saturated rings. The molecule has 0 N–H and O–H groups in total. The van der Waals surface area contributed by atoms with Gasteiger partial charge in [-0.3, -0.25) is 0 Å². The van der Waals surface area contributed by atoms with Gasteiger partial charge in [-0.1, -0.05) is 188 Å². The molecule has 292 valence electrons. The average molecular weight is 792 g/mol. The molecule has 1 aliphatic rings. The van der Waals surface area contributed by atoms with E-state index in [2.05, 4.69) is 230 Å². The molecule has 1 aliphatic carbocycles. The Morgan fingerprint density at radius 3 is 1.53 bits per heavy atom. The van der Waals surface area contributed by atoms with E-state index >= 15 is 0 Å². The van der Waals surface area contributed by atoms with E-state index in [1.807, 2.05) is 12.1 Å². The molecule has 12 rings (SSSR count). The van der Waals surface area contributed by atoms with Crippen LogP contribution in [-0.2, 0) is 5.41 Å². The maximum Gasteiger partial charge on any atom is 0.143 e. The molecule has 0 aliphatic heterocycles. The predicted octanol–water partition coefficient (Wildman–Crippen LogP) is 16.5. The number of hydrogen-bond acceptors (Lipinski definition) is 2. The molecule has 0 radical (unpaired) electrons. The first-order chi connectivity index (χ1) is 30.6. The normalized spacial score (nSPS) is 12.7. The van der Waals surface area contributed by atoms with Gasteiger partial charge in [0.2, 0.25) is 0 Å². The Morgan fingerprint density at radius 2 is 0.871 bits per heavy atom. The molecule has 1 aromatic heterocycles. The van der Waals surface area contributed by atoms with E-state index in [-0.39, 0.29) is 5.41 Å². The van der Waals surface area contributed by atoms with Crippen LogP contribution in [0.3, 0.4) is 0 Å². The summed E-state index contributed by atoms with van der Waals surface area (Å²) in [6.45, 7) is 2.41. The highest BCUT2D eigenvalue weighted by molar-refractivity contribution is 6.10. The van der Waals surface area contributed by atoms with Gasteiger partial charge in [0.1, 0.15) is 11.2 Å². The molecule has 0 bridgehead atoms. The van der Waals surface area contributed by atoms with Crippen molar-refractivity contribution in [2.24, 2.45) is 0 Å². The Labute approximate surface area is 361 Å². The number of furan rings is 1. The number of rotatable bonds is 7. The summed E-state index contributed by atoms with van der Waals surface area (Å²) in [5.41, 5.74) is 18.2. The first-order valence-corrected chi connectivity index (χ1v) is 21.4. The van der Waals surface area contributed by atoms with Crippen LogP contribution in [0.15, 0.2) is 235 Å². The third kappa shape index (κ3) is 5.65. The van der Waals surface area contributed by atoms with Gasteiger partial charge in [0.25, 0.3) is 0 Å². The third-order valence-corrected chi connectivity index (χ3v) is 13.1. The number of para-hydroxylation sites is 2. The molecule has 0 spiro atoms. The number of benzene rings is 10. The zero-order chi connectivity index (χ0) is 41.2. The fourth-order valence-electron chi connectivity index (χ4n) is 10.2. The lowest BCUT2D eigenvalue weighted by molar-refractivity contribution is 0.670. The maximum absolute atomic E-state index is 6.51. The zero-order valence-corrected chi connectivity index (χ0v) is 34.3. The molecular weight excluding hydrogens is 751 g/mol. The summed E-state index contributed by atoms with van der Waals surface area (Å²) in [6, 6.07) is 83.8. The van der Waals surface area contributed by atoms with Crippen LogP contribution >= 0.6 is 0 Å². The SMILES string of the molecule is CC1(c2ccc(N(c3ccc(-c4cccc5c4oc4ccccc45)cc3)c3cc(-c4ccccc4)cc(-c4ccccc4)c3)c3ccccc23)c2ccccc2-c2ccccc21. The van der Waals surface area contributed by atoms with Crippen molar-refractivity contribution in [3.8, 4) is 44.5 Å². The lowest BCUT2D eigenvalue weighted by atomic mass is 9.72. The highest BCUT2D eigenvalue weighted by Crippen LogP contribution is 2.55. The average Bonchev–Trinajstić information content (AvgIpc) is 3.86. The van der Waals surface area contributed by atoms with Crippen molar-refractivity contribution in [3.63, 3.8) is 0 Å². The minimum atomic E-state index is -0.344. The lowest BCUT2D eigenvalue weighted by Gasteiger charge is -2.32. The second-order valence-electron chi connectivity index (χ2n) is 16.6. The summed E-state index contributed by atoms with van der Waals surface area (Å²) in [6.07, 6.45) is 0. The van der Waals surface area contributed by atoms with Crippen LogP contribution in [0.25, 0.3) is 77.2 Å². The van der Waals surface area contributed by atoms with E-state index in [4.69, 9.17) is 4.42 Å². The van der Waals surface area contributed by atoms with Crippen molar-refractivity contribution in [3.05, 3.63) is 247 Å². The van der Waals surface area contributed by atoms with E-state index in [1.54, 1.807) is 0 Å². The summed E-state index contributed by atoms with van der Waals surface area (Å²) in [5.74, 6) is 0. The maximum atomic E-state index is 6.51. The summed E-state index contributed by atoms with van der Waals surface area (Å²) < 4.78 is 6.51. The van der Waals surface area contributed by atoms with Gasteiger partial charge in [0, 0.05) is 38.5 Å². The topological polar surface area (TPSA) is 16.4 Å². The smallest absolute Gasteiger partial charge is 0.143 e. The van der Waals surface area contributed by atoms with Gasteiger partial charge in [-0.2, -0.15) is 0 Å². The molecule has 10 aromatic carbocycles. The fraction of sp³-hybridized carbons (Fsp3) is 0.0333. The van der Waals surface area contributed by atoms with Crippen molar-refractivity contribution < 1.29 is 4.42 Å². The highest BCUT2D eigenvalue weighted by atomic mass is 16.3. The summed E-state index contributed by atoms with van der Waals surface area (Å²) in [7, 11) is 0. The van der Waals surface area contributed by atoms with Crippen LogP contribution < -0.4 is 4.90 Å². The minimum absolute atomic E-state index is 0.344. The molecule has 1 heterocycles. The van der Waals surface area contributed by atoms with Crippen LogP contribution in [0.2, 0.25) is 0 Å². The summed E-state index contributed by atoms with van der Waals surface area (Å²) in [5, 5.41) is 4.69. The van der Waals surface area contributed by atoms with Gasteiger partial charge in [-0.25, -0.2) is 0 Å². The molecule has 11 aromatic rings. The van der Waals surface area contributed by atoms with Crippen molar-refractivity contribution in [1.29, 1.82) is 0 Å². The van der Waals surface area contributed by atoms with Gasteiger partial charge < -0.3 is 9.32 Å². The van der Waals surface area contributed by atoms with Crippen molar-refractivity contribution in [2.45, 2.75) is 12.3 Å². The highest BCUT2D eigenvalue weighted by Gasteiger charge is 2.41. The van der Waals surface area contributed by atoms with Crippen LogP contribution in [-0.4, -0.2) is 0 Å². The number of nitrogens with zero attached hydrogens (tertiary/aromatic N) is 1. The van der Waals surface area contributed by atoms with E-state index in [1.165, 1.54) is 49.7 Å². The summed E-state index contributed by atoms with van der Waals surface area (Å²) >= 11 is 0. The number of fused-ring (bicyclic) bond motifs is 7. The van der Waals surface area contributed by atoms with Crippen molar-refractivity contribution in [1.82, 2.24) is 0 Å². The fourth-order valence-corrected chi connectivity index (χ4v) is 10.2. The van der Waals surface area contributed by atoms with Crippen molar-refractivity contribution in [2.75, 3.05) is 4.90 Å². The van der Waals surface area contributed by atoms with Crippen LogP contribution in [0.5, 0.6) is 0 Å². The molecule has 0 unspecified atom stereocenters. The lowest BCUT2D eigenvalue weighted by Crippen LogP contribution is -2.23. The first kappa shape index (κ1) is 36.0. The molecular formula is C60H41NO. The molecule has 0 atom stereocenters. The molecule has 2 heteroatoms. The van der Waals surface area contributed by atoms with Crippen LogP contribution in [0.1, 0.15) is 23.6 Å². The van der Waals surface area contributed by atoms with Crippen LogP contribution in [0.4, 0.5) is 17.1 Å². The largest absolute Gasteiger partial charge is 0.455 e. The standard InChI is InChI=1S/C60H41NO/c1-60(54-28-13-10-21-48(54)49-22-11-14-29-55(49)60)56-35-36-57(51-24-9-8-23-50(51)56)61(46-38-43(40-17-4-2-5-18-40)37-44(39-46)41-19-6-3-7-20-41)45-33-31-42(32-34-45)47-26-16-27-53-52-25-12-15-30-58(52)62-59(47)53/h2-39H,1H3. The van der Waals surface area contributed by atoms with E-state index in [9.17, 15) is 0 Å².